The molecule has 0 radical (unpaired) electrons. The number of halogens is 6. The van der Waals surface area contributed by atoms with Crippen LogP contribution >= 0.6 is 23.2 Å². The third-order valence-electron chi connectivity index (χ3n) is 5.13. The lowest BCUT2D eigenvalue weighted by atomic mass is 9.86. The van der Waals surface area contributed by atoms with Gasteiger partial charge in [0.05, 0.1) is 11.3 Å². The van der Waals surface area contributed by atoms with Crippen LogP contribution in [0.2, 0.25) is 10.0 Å². The van der Waals surface area contributed by atoms with E-state index >= 15 is 0 Å². The highest BCUT2D eigenvalue weighted by molar-refractivity contribution is 6.35. The summed E-state index contributed by atoms with van der Waals surface area (Å²) in [4.78, 5) is 7.91. The van der Waals surface area contributed by atoms with Crippen molar-refractivity contribution in [2.24, 2.45) is 0 Å². The Bertz CT molecular complexity index is 1310. The number of aromatic nitrogens is 2. The van der Waals surface area contributed by atoms with Gasteiger partial charge < -0.3 is 5.11 Å². The number of phenolic OH excluding ortho intramolecular Hbond substituents is 1. The smallest absolute Gasteiger partial charge is 0.417 e. The lowest BCUT2D eigenvalue weighted by Crippen LogP contribution is -2.12. The second-order valence-corrected chi connectivity index (χ2v) is 7.99. The van der Waals surface area contributed by atoms with E-state index in [1.165, 1.54) is 12.3 Å². The summed E-state index contributed by atoms with van der Waals surface area (Å²) < 4.78 is 53.3. The van der Waals surface area contributed by atoms with Crippen molar-refractivity contribution in [3.05, 3.63) is 99.2 Å². The molecule has 4 rings (SSSR count). The summed E-state index contributed by atoms with van der Waals surface area (Å²) in [5.74, 6) is -1.97. The normalized spacial score (nSPS) is 12.8. The predicted octanol–water partition coefficient (Wildman–Crippen LogP) is 7.17. The molecule has 0 spiro atoms. The zero-order valence-electron chi connectivity index (χ0n) is 16.2. The van der Waals surface area contributed by atoms with Gasteiger partial charge >= 0.3 is 6.18 Å². The molecule has 2 aromatic carbocycles. The predicted molar refractivity (Wildman–Crippen MR) is 115 cm³/mol. The number of benzene rings is 2. The van der Waals surface area contributed by atoms with E-state index in [-0.39, 0.29) is 22.9 Å². The third-order valence-corrected chi connectivity index (χ3v) is 5.70. The Kier molecular flexibility index (Phi) is 5.97. The van der Waals surface area contributed by atoms with E-state index in [1.54, 1.807) is 36.4 Å². The maximum absolute atomic E-state index is 14.6. The first kappa shape index (κ1) is 22.3. The number of rotatable bonds is 4. The summed E-state index contributed by atoms with van der Waals surface area (Å²) >= 11 is 12.4. The maximum atomic E-state index is 14.6. The van der Waals surface area contributed by atoms with Crippen LogP contribution in [0.4, 0.5) is 17.6 Å². The molecule has 0 aliphatic rings. The van der Waals surface area contributed by atoms with Crippen LogP contribution in [0.25, 0.3) is 10.9 Å². The van der Waals surface area contributed by atoms with E-state index < -0.39 is 23.5 Å². The largest absolute Gasteiger partial charge is 0.505 e. The van der Waals surface area contributed by atoms with E-state index in [9.17, 15) is 22.7 Å². The molecule has 4 aromatic rings. The molecule has 1 atom stereocenters. The molecular weight excluding hydrogens is 467 g/mol. The fourth-order valence-electron chi connectivity index (χ4n) is 3.56. The Hall–Kier alpha value is -2.90. The minimum atomic E-state index is -4.71. The Labute approximate surface area is 190 Å². The van der Waals surface area contributed by atoms with E-state index in [1.807, 2.05) is 0 Å². The van der Waals surface area contributed by atoms with Gasteiger partial charge in [-0.1, -0.05) is 47.5 Å². The molecule has 0 saturated carbocycles. The van der Waals surface area contributed by atoms with Gasteiger partial charge in [0.2, 0.25) is 0 Å². The molecule has 2 aromatic heterocycles. The monoisotopic (exact) mass is 480 g/mol. The number of pyridine rings is 2. The second-order valence-electron chi connectivity index (χ2n) is 7.15. The highest BCUT2D eigenvalue weighted by Gasteiger charge is 2.32. The molecule has 0 saturated heterocycles. The van der Waals surface area contributed by atoms with Crippen LogP contribution in [0.5, 0.6) is 5.75 Å². The fraction of sp³-hybridized carbons (Fsp3) is 0.130. The van der Waals surface area contributed by atoms with Crippen molar-refractivity contribution in [1.29, 1.82) is 0 Å². The molecular formula is C23H14Cl2F4N2O. The van der Waals surface area contributed by atoms with Gasteiger partial charge in [-0.05, 0) is 29.8 Å². The Morgan fingerprint density at radius 2 is 1.72 bits per heavy atom. The maximum Gasteiger partial charge on any atom is 0.417 e. The number of hydrogen-bond acceptors (Lipinski definition) is 3. The van der Waals surface area contributed by atoms with Crippen molar-refractivity contribution in [3.8, 4) is 5.75 Å². The number of fused-ring (bicyclic) bond motifs is 1. The summed E-state index contributed by atoms with van der Waals surface area (Å²) in [5.41, 5.74) is -0.169. The van der Waals surface area contributed by atoms with Gasteiger partial charge in [0.15, 0.2) is 0 Å². The Morgan fingerprint density at radius 3 is 2.41 bits per heavy atom. The van der Waals surface area contributed by atoms with Crippen LogP contribution in [-0.2, 0) is 12.6 Å². The summed E-state index contributed by atoms with van der Waals surface area (Å²) in [7, 11) is 0. The average Bonchev–Trinajstić information content (AvgIpc) is 2.73. The molecule has 32 heavy (non-hydrogen) atoms. The summed E-state index contributed by atoms with van der Waals surface area (Å²) in [6.45, 7) is 0. The van der Waals surface area contributed by atoms with Crippen LogP contribution < -0.4 is 0 Å². The summed E-state index contributed by atoms with van der Waals surface area (Å²) in [6.07, 6.45) is -2.77. The Balaban J connectivity index is 1.85. The van der Waals surface area contributed by atoms with Crippen LogP contribution in [0.1, 0.15) is 28.3 Å². The SMILES string of the molecule is Oc1c(C(Cc2ncc(C(F)(F)F)cc2F)c2ccc(Cl)cc2Cl)ccc2cccnc12. The number of alkyl halides is 3. The van der Waals surface area contributed by atoms with Gasteiger partial charge in [-0.25, -0.2) is 4.39 Å². The number of hydrogen-bond donors (Lipinski definition) is 1. The lowest BCUT2D eigenvalue weighted by molar-refractivity contribution is -0.138. The van der Waals surface area contributed by atoms with Crippen molar-refractivity contribution in [1.82, 2.24) is 9.97 Å². The number of aromatic hydroxyl groups is 1. The Morgan fingerprint density at radius 1 is 0.969 bits per heavy atom. The van der Waals surface area contributed by atoms with Gasteiger partial charge in [0.1, 0.15) is 17.1 Å². The molecule has 0 fully saturated rings. The van der Waals surface area contributed by atoms with Crippen molar-refractivity contribution in [2.45, 2.75) is 18.5 Å². The quantitative estimate of drug-likeness (QED) is 0.314. The van der Waals surface area contributed by atoms with Gasteiger partial charge in [0.25, 0.3) is 0 Å². The number of phenols is 1. The van der Waals surface area contributed by atoms with Crippen LogP contribution in [0.3, 0.4) is 0 Å². The average molecular weight is 481 g/mol. The lowest BCUT2D eigenvalue weighted by Gasteiger charge is -2.21. The zero-order chi connectivity index (χ0) is 23.0. The van der Waals surface area contributed by atoms with Crippen molar-refractivity contribution in [3.63, 3.8) is 0 Å². The van der Waals surface area contributed by atoms with Crippen LogP contribution in [-0.4, -0.2) is 15.1 Å². The first-order valence-corrected chi connectivity index (χ1v) is 10.1. The minimum absolute atomic E-state index is 0.133. The molecule has 0 aliphatic carbocycles. The summed E-state index contributed by atoms with van der Waals surface area (Å²) in [6, 6.07) is 12.0. The minimum Gasteiger partial charge on any atom is -0.505 e. The standard InChI is InChI=1S/C23H14Cl2F4N2O/c24-14-4-6-15(18(25)9-14)17(10-20-19(26)8-13(11-31-20)23(27,28)29)16-5-3-12-2-1-7-30-21(12)22(16)32/h1-9,11,17,32H,10H2. The highest BCUT2D eigenvalue weighted by Crippen LogP contribution is 2.41. The van der Waals surface area contributed by atoms with Crippen molar-refractivity contribution < 1.29 is 22.7 Å². The first-order valence-electron chi connectivity index (χ1n) is 9.38. The molecule has 9 heteroatoms. The zero-order valence-corrected chi connectivity index (χ0v) is 17.7. The van der Waals surface area contributed by atoms with Crippen LogP contribution in [0.15, 0.2) is 60.9 Å². The van der Waals surface area contributed by atoms with E-state index in [0.29, 0.717) is 39.3 Å². The topological polar surface area (TPSA) is 46.0 Å². The molecule has 0 aliphatic heterocycles. The molecule has 1 unspecified atom stereocenters. The van der Waals surface area contributed by atoms with Gasteiger partial charge in [-0.15, -0.1) is 0 Å². The third kappa shape index (κ3) is 4.36. The number of nitrogens with zero attached hydrogens (tertiary/aromatic N) is 2. The first-order chi connectivity index (χ1) is 15.1. The fourth-order valence-corrected chi connectivity index (χ4v) is 4.10. The summed E-state index contributed by atoms with van der Waals surface area (Å²) in [5, 5.41) is 12.3. The van der Waals surface area contributed by atoms with E-state index in [4.69, 9.17) is 23.2 Å². The molecule has 0 amide bonds. The van der Waals surface area contributed by atoms with Gasteiger partial charge in [-0.3, -0.25) is 9.97 Å². The second kappa shape index (κ2) is 8.56. The molecule has 164 valence electrons. The van der Waals surface area contributed by atoms with E-state index in [2.05, 4.69) is 9.97 Å². The van der Waals surface area contributed by atoms with Gasteiger partial charge in [0, 0.05) is 45.7 Å². The molecule has 1 N–H and O–H groups in total. The van der Waals surface area contributed by atoms with E-state index in [0.717, 1.165) is 0 Å². The highest BCUT2D eigenvalue weighted by atomic mass is 35.5. The molecule has 2 heterocycles. The van der Waals surface area contributed by atoms with Crippen molar-refractivity contribution in [2.75, 3.05) is 0 Å². The van der Waals surface area contributed by atoms with Crippen molar-refractivity contribution >= 4 is 34.1 Å². The molecule has 3 nitrogen and oxygen atoms in total. The van der Waals surface area contributed by atoms with Gasteiger partial charge in [-0.2, -0.15) is 13.2 Å². The molecule has 0 bridgehead atoms. The van der Waals surface area contributed by atoms with Crippen LogP contribution in [0, 0.1) is 5.82 Å².